The zero-order valence-electron chi connectivity index (χ0n) is 9.65. The normalized spacial score (nSPS) is 10.0. The molecule has 2 amide bonds. The molecule has 1 aromatic heterocycles. The molecule has 0 spiro atoms. The van der Waals surface area contributed by atoms with Gasteiger partial charge in [0.05, 0.1) is 23.3 Å². The van der Waals surface area contributed by atoms with Crippen molar-refractivity contribution in [2.45, 2.75) is 0 Å². The van der Waals surface area contributed by atoms with Gasteiger partial charge in [0.2, 0.25) is 0 Å². The third-order valence-corrected chi connectivity index (χ3v) is 2.28. The fourth-order valence-electron chi connectivity index (χ4n) is 1.39. The van der Waals surface area contributed by atoms with E-state index in [9.17, 15) is 13.6 Å². The van der Waals surface area contributed by atoms with E-state index in [1.165, 1.54) is 18.5 Å². The number of anilines is 3. The summed E-state index contributed by atoms with van der Waals surface area (Å²) >= 11 is 0. The largest absolute Gasteiger partial charge is 0.396 e. The molecule has 0 aliphatic heterocycles. The fourth-order valence-corrected chi connectivity index (χ4v) is 1.39. The van der Waals surface area contributed by atoms with E-state index < -0.39 is 17.7 Å². The number of nitrogens with two attached hydrogens (primary N) is 1. The Bertz CT molecular complexity index is 618. The van der Waals surface area contributed by atoms with Crippen LogP contribution in [0.1, 0.15) is 0 Å². The van der Waals surface area contributed by atoms with E-state index in [-0.39, 0.29) is 11.4 Å². The van der Waals surface area contributed by atoms with Gasteiger partial charge in [-0.05, 0) is 18.2 Å². The number of aromatic nitrogens is 1. The number of carbonyl (C=O) groups is 1. The minimum absolute atomic E-state index is 0.133. The minimum Gasteiger partial charge on any atom is -0.396 e. The van der Waals surface area contributed by atoms with Gasteiger partial charge in [0.25, 0.3) is 0 Å². The van der Waals surface area contributed by atoms with Gasteiger partial charge in [0.1, 0.15) is 11.6 Å². The molecule has 2 aromatic rings. The molecule has 7 heteroatoms. The number of nitrogens with one attached hydrogen (secondary N) is 2. The molecule has 0 saturated heterocycles. The second-order valence-electron chi connectivity index (χ2n) is 3.67. The molecule has 0 aliphatic rings. The van der Waals surface area contributed by atoms with E-state index in [0.717, 1.165) is 12.1 Å². The van der Waals surface area contributed by atoms with Crippen molar-refractivity contribution < 1.29 is 13.6 Å². The van der Waals surface area contributed by atoms with Crippen LogP contribution in [0, 0.1) is 11.6 Å². The number of rotatable bonds is 2. The number of nitrogens with zero attached hydrogens (tertiary/aromatic N) is 1. The third-order valence-electron chi connectivity index (χ3n) is 2.28. The van der Waals surface area contributed by atoms with Crippen molar-refractivity contribution in [3.05, 3.63) is 48.3 Å². The number of amides is 2. The highest BCUT2D eigenvalue weighted by molar-refractivity contribution is 6.01. The molecule has 0 fully saturated rings. The average molecular weight is 264 g/mol. The fraction of sp³-hybridized carbons (Fsp3) is 0. The monoisotopic (exact) mass is 264 g/mol. The first-order valence-electron chi connectivity index (χ1n) is 5.29. The second kappa shape index (κ2) is 5.30. The summed E-state index contributed by atoms with van der Waals surface area (Å²) in [6.07, 6.45) is 2.82. The first-order valence-corrected chi connectivity index (χ1v) is 5.29. The number of carbonyl (C=O) groups excluding carboxylic acids is 1. The Labute approximate surface area is 107 Å². The van der Waals surface area contributed by atoms with Gasteiger partial charge in [0, 0.05) is 12.3 Å². The molecular formula is C12H10F2N4O. The van der Waals surface area contributed by atoms with Crippen LogP contribution in [0.3, 0.4) is 0 Å². The lowest BCUT2D eigenvalue weighted by Crippen LogP contribution is -2.20. The molecule has 0 radical (unpaired) electrons. The minimum atomic E-state index is -0.863. The van der Waals surface area contributed by atoms with E-state index in [1.54, 1.807) is 0 Å². The SMILES string of the molecule is Nc1cnccc1NC(=O)Nc1ccc(F)cc1F. The predicted octanol–water partition coefficient (Wildman–Crippen LogP) is 2.59. The Morgan fingerprint density at radius 3 is 2.58 bits per heavy atom. The van der Waals surface area contributed by atoms with Crippen LogP contribution in [0.5, 0.6) is 0 Å². The summed E-state index contributed by atoms with van der Waals surface area (Å²) in [5, 5.41) is 4.67. The highest BCUT2D eigenvalue weighted by atomic mass is 19.1. The molecule has 1 heterocycles. The third kappa shape index (κ3) is 3.15. The smallest absolute Gasteiger partial charge is 0.323 e. The Morgan fingerprint density at radius 1 is 1.16 bits per heavy atom. The van der Waals surface area contributed by atoms with Crippen molar-refractivity contribution in [3.63, 3.8) is 0 Å². The Balaban J connectivity index is 2.08. The van der Waals surface area contributed by atoms with Gasteiger partial charge in [0.15, 0.2) is 0 Å². The number of urea groups is 1. The van der Waals surface area contributed by atoms with E-state index in [2.05, 4.69) is 15.6 Å². The molecule has 0 saturated carbocycles. The number of nitrogen functional groups attached to an aromatic ring is 1. The van der Waals surface area contributed by atoms with Crippen LogP contribution in [0.2, 0.25) is 0 Å². The number of hydrogen-bond donors (Lipinski definition) is 3. The van der Waals surface area contributed by atoms with Gasteiger partial charge in [-0.3, -0.25) is 4.98 Å². The molecule has 0 aliphatic carbocycles. The zero-order valence-corrected chi connectivity index (χ0v) is 9.65. The van der Waals surface area contributed by atoms with Gasteiger partial charge in [-0.25, -0.2) is 13.6 Å². The standard InChI is InChI=1S/C12H10F2N4O/c13-7-1-2-10(8(14)5-7)17-12(19)18-11-3-4-16-6-9(11)15/h1-6H,15H2,(H2,16,17,18,19). The van der Waals surface area contributed by atoms with E-state index in [0.29, 0.717) is 11.8 Å². The summed E-state index contributed by atoms with van der Waals surface area (Å²) in [7, 11) is 0. The zero-order chi connectivity index (χ0) is 13.8. The maximum atomic E-state index is 13.3. The molecule has 98 valence electrons. The summed E-state index contributed by atoms with van der Waals surface area (Å²) in [4.78, 5) is 15.4. The van der Waals surface area contributed by atoms with Crippen molar-refractivity contribution in [1.29, 1.82) is 0 Å². The Hall–Kier alpha value is -2.70. The maximum absolute atomic E-state index is 13.3. The van der Waals surface area contributed by atoms with Crippen molar-refractivity contribution in [3.8, 4) is 0 Å². The Kier molecular flexibility index (Phi) is 3.56. The molecule has 0 atom stereocenters. The number of pyridine rings is 1. The van der Waals surface area contributed by atoms with Gasteiger partial charge >= 0.3 is 6.03 Å². The van der Waals surface area contributed by atoms with Crippen molar-refractivity contribution in [2.24, 2.45) is 0 Å². The van der Waals surface area contributed by atoms with Crippen LogP contribution >= 0.6 is 0 Å². The number of halogens is 2. The molecule has 0 unspecified atom stereocenters. The summed E-state index contributed by atoms with van der Waals surface area (Å²) in [5.41, 5.74) is 6.07. The van der Waals surface area contributed by atoms with Crippen LogP contribution < -0.4 is 16.4 Å². The molecule has 4 N–H and O–H groups in total. The number of hydrogen-bond acceptors (Lipinski definition) is 3. The lowest BCUT2D eigenvalue weighted by Gasteiger charge is -2.09. The molecule has 2 rings (SSSR count). The number of benzene rings is 1. The van der Waals surface area contributed by atoms with Crippen LogP contribution in [-0.2, 0) is 0 Å². The van der Waals surface area contributed by atoms with Crippen molar-refractivity contribution in [2.75, 3.05) is 16.4 Å². The quantitative estimate of drug-likeness (QED) is 0.779. The van der Waals surface area contributed by atoms with Crippen LogP contribution in [-0.4, -0.2) is 11.0 Å². The van der Waals surface area contributed by atoms with E-state index >= 15 is 0 Å². The van der Waals surface area contributed by atoms with Crippen LogP contribution in [0.4, 0.5) is 30.6 Å². The summed E-state index contributed by atoms with van der Waals surface area (Å²) < 4.78 is 26.0. The first-order chi connectivity index (χ1) is 9.06. The summed E-state index contributed by atoms with van der Waals surface area (Å²) in [6.45, 7) is 0. The Morgan fingerprint density at radius 2 is 1.89 bits per heavy atom. The highest BCUT2D eigenvalue weighted by Crippen LogP contribution is 2.18. The van der Waals surface area contributed by atoms with Gasteiger partial charge in [-0.2, -0.15) is 0 Å². The molecular weight excluding hydrogens is 254 g/mol. The highest BCUT2D eigenvalue weighted by Gasteiger charge is 2.09. The lowest BCUT2D eigenvalue weighted by molar-refractivity contribution is 0.262. The topological polar surface area (TPSA) is 80.0 Å². The summed E-state index contributed by atoms with van der Waals surface area (Å²) in [5.74, 6) is -1.58. The van der Waals surface area contributed by atoms with Gasteiger partial charge in [-0.1, -0.05) is 0 Å². The van der Waals surface area contributed by atoms with Gasteiger partial charge in [-0.15, -0.1) is 0 Å². The van der Waals surface area contributed by atoms with E-state index in [4.69, 9.17) is 5.73 Å². The van der Waals surface area contributed by atoms with Crippen LogP contribution in [0.15, 0.2) is 36.7 Å². The lowest BCUT2D eigenvalue weighted by atomic mass is 10.3. The molecule has 0 bridgehead atoms. The van der Waals surface area contributed by atoms with Gasteiger partial charge < -0.3 is 16.4 Å². The van der Waals surface area contributed by atoms with Crippen molar-refractivity contribution in [1.82, 2.24) is 4.98 Å². The maximum Gasteiger partial charge on any atom is 0.323 e. The molecule has 1 aromatic carbocycles. The van der Waals surface area contributed by atoms with E-state index in [1.807, 2.05) is 0 Å². The van der Waals surface area contributed by atoms with Crippen molar-refractivity contribution >= 4 is 23.1 Å². The second-order valence-corrected chi connectivity index (χ2v) is 3.67. The molecule has 19 heavy (non-hydrogen) atoms. The van der Waals surface area contributed by atoms with Crippen LogP contribution in [0.25, 0.3) is 0 Å². The summed E-state index contributed by atoms with van der Waals surface area (Å²) in [6, 6.07) is 3.65. The molecule has 5 nitrogen and oxygen atoms in total. The predicted molar refractivity (Wildman–Crippen MR) is 67.6 cm³/mol. The first kappa shape index (κ1) is 12.7. The average Bonchev–Trinajstić information content (AvgIpc) is 2.36.